The highest BCUT2D eigenvalue weighted by molar-refractivity contribution is 14.1. The van der Waals surface area contributed by atoms with Crippen molar-refractivity contribution in [2.45, 2.75) is 0 Å². The van der Waals surface area contributed by atoms with E-state index >= 15 is 0 Å². The van der Waals surface area contributed by atoms with Crippen LogP contribution in [-0.4, -0.2) is 7.11 Å². The molecular formula is C13H9F2IO. The van der Waals surface area contributed by atoms with E-state index in [0.717, 1.165) is 9.64 Å². The molecule has 0 bridgehead atoms. The van der Waals surface area contributed by atoms with Gasteiger partial charge in [0.15, 0.2) is 11.6 Å². The average Bonchev–Trinajstić information content (AvgIpc) is 2.34. The van der Waals surface area contributed by atoms with Crippen LogP contribution in [0.4, 0.5) is 8.78 Å². The zero-order valence-electron chi connectivity index (χ0n) is 9.01. The smallest absolute Gasteiger partial charge is 0.166 e. The molecular weight excluding hydrogens is 337 g/mol. The van der Waals surface area contributed by atoms with Gasteiger partial charge in [0.2, 0.25) is 0 Å². The lowest BCUT2D eigenvalue weighted by Gasteiger charge is -2.08. The Morgan fingerprint density at radius 2 is 1.88 bits per heavy atom. The van der Waals surface area contributed by atoms with Crippen molar-refractivity contribution in [2.24, 2.45) is 0 Å². The Bertz CT molecular complexity index is 555. The molecule has 17 heavy (non-hydrogen) atoms. The molecule has 2 aromatic carbocycles. The summed E-state index contributed by atoms with van der Waals surface area (Å²) in [6, 6.07) is 9.36. The van der Waals surface area contributed by atoms with E-state index in [2.05, 4.69) is 22.6 Å². The molecule has 0 atom stereocenters. The fourth-order valence-electron chi connectivity index (χ4n) is 1.55. The lowest BCUT2D eigenvalue weighted by Crippen LogP contribution is -1.91. The Labute approximate surface area is 112 Å². The van der Waals surface area contributed by atoms with Crippen molar-refractivity contribution in [2.75, 3.05) is 7.11 Å². The lowest BCUT2D eigenvalue weighted by molar-refractivity contribution is 0.412. The number of hydrogen-bond acceptors (Lipinski definition) is 1. The van der Waals surface area contributed by atoms with Crippen LogP contribution in [0.1, 0.15) is 0 Å². The first-order valence-corrected chi connectivity index (χ1v) is 5.99. The van der Waals surface area contributed by atoms with Gasteiger partial charge in [0, 0.05) is 5.56 Å². The number of rotatable bonds is 2. The van der Waals surface area contributed by atoms with Gasteiger partial charge in [-0.3, -0.25) is 0 Å². The molecule has 0 aromatic heterocycles. The second-order valence-electron chi connectivity index (χ2n) is 3.45. The van der Waals surface area contributed by atoms with E-state index in [9.17, 15) is 8.78 Å². The highest BCUT2D eigenvalue weighted by atomic mass is 127. The number of ether oxygens (including phenoxy) is 1. The van der Waals surface area contributed by atoms with E-state index < -0.39 is 11.6 Å². The Morgan fingerprint density at radius 3 is 2.59 bits per heavy atom. The summed E-state index contributed by atoms with van der Waals surface area (Å²) in [6.45, 7) is 0. The zero-order valence-corrected chi connectivity index (χ0v) is 11.2. The monoisotopic (exact) mass is 346 g/mol. The van der Waals surface area contributed by atoms with E-state index in [4.69, 9.17) is 4.74 Å². The van der Waals surface area contributed by atoms with E-state index in [0.29, 0.717) is 11.3 Å². The summed E-state index contributed by atoms with van der Waals surface area (Å²) >= 11 is 2.12. The standard InChI is InChI=1S/C13H9F2IO/c1-17-12-7-8(5-6-11(12)16)9-3-2-4-10(14)13(9)15/h2-7H,1H3. The molecule has 0 N–H and O–H groups in total. The molecule has 2 aromatic rings. The summed E-state index contributed by atoms with van der Waals surface area (Å²) in [6.07, 6.45) is 0. The summed E-state index contributed by atoms with van der Waals surface area (Å²) in [7, 11) is 1.54. The molecule has 0 aliphatic carbocycles. The minimum atomic E-state index is -0.847. The fraction of sp³-hybridized carbons (Fsp3) is 0.0769. The van der Waals surface area contributed by atoms with Gasteiger partial charge in [-0.25, -0.2) is 8.78 Å². The Morgan fingerprint density at radius 1 is 1.12 bits per heavy atom. The van der Waals surface area contributed by atoms with Crippen LogP contribution < -0.4 is 4.74 Å². The highest BCUT2D eigenvalue weighted by Gasteiger charge is 2.11. The van der Waals surface area contributed by atoms with Crippen molar-refractivity contribution in [3.8, 4) is 16.9 Å². The number of benzene rings is 2. The molecule has 0 amide bonds. The van der Waals surface area contributed by atoms with Crippen LogP contribution >= 0.6 is 22.6 Å². The molecule has 0 spiro atoms. The van der Waals surface area contributed by atoms with Gasteiger partial charge in [-0.15, -0.1) is 0 Å². The fourth-order valence-corrected chi connectivity index (χ4v) is 2.11. The molecule has 88 valence electrons. The Hall–Kier alpha value is -1.17. The minimum Gasteiger partial charge on any atom is -0.496 e. The summed E-state index contributed by atoms with van der Waals surface area (Å²) in [5, 5.41) is 0. The van der Waals surface area contributed by atoms with Crippen LogP contribution in [-0.2, 0) is 0 Å². The van der Waals surface area contributed by atoms with Crippen LogP contribution in [0.5, 0.6) is 5.75 Å². The van der Waals surface area contributed by atoms with Gasteiger partial charge in [0.1, 0.15) is 5.75 Å². The van der Waals surface area contributed by atoms with Gasteiger partial charge in [0.25, 0.3) is 0 Å². The second kappa shape index (κ2) is 5.00. The first-order valence-electron chi connectivity index (χ1n) is 4.91. The summed E-state index contributed by atoms with van der Waals surface area (Å²) in [5.41, 5.74) is 0.832. The van der Waals surface area contributed by atoms with E-state index in [1.807, 2.05) is 0 Å². The third kappa shape index (κ3) is 2.41. The maximum Gasteiger partial charge on any atom is 0.166 e. The first-order chi connectivity index (χ1) is 8.13. The van der Waals surface area contributed by atoms with Gasteiger partial charge in [-0.1, -0.05) is 18.2 Å². The SMILES string of the molecule is COc1cc(-c2cccc(F)c2F)ccc1I. The van der Waals surface area contributed by atoms with E-state index in [-0.39, 0.29) is 5.56 Å². The molecule has 0 aliphatic heterocycles. The summed E-state index contributed by atoms with van der Waals surface area (Å²) < 4.78 is 32.8. The molecule has 1 nitrogen and oxygen atoms in total. The molecule has 0 radical (unpaired) electrons. The van der Waals surface area contributed by atoms with Crippen LogP contribution in [0.15, 0.2) is 36.4 Å². The van der Waals surface area contributed by atoms with Crippen LogP contribution in [0.25, 0.3) is 11.1 Å². The van der Waals surface area contributed by atoms with Crippen molar-refractivity contribution in [1.29, 1.82) is 0 Å². The van der Waals surface area contributed by atoms with Crippen LogP contribution in [0.3, 0.4) is 0 Å². The maximum absolute atomic E-state index is 13.6. The largest absolute Gasteiger partial charge is 0.496 e. The van der Waals surface area contributed by atoms with Crippen molar-refractivity contribution in [1.82, 2.24) is 0 Å². The Balaban J connectivity index is 2.57. The van der Waals surface area contributed by atoms with Crippen molar-refractivity contribution in [3.63, 3.8) is 0 Å². The maximum atomic E-state index is 13.6. The van der Waals surface area contributed by atoms with E-state index in [1.165, 1.54) is 6.07 Å². The number of methoxy groups -OCH3 is 1. The second-order valence-corrected chi connectivity index (χ2v) is 4.61. The molecule has 0 saturated heterocycles. The molecule has 2 rings (SSSR count). The van der Waals surface area contributed by atoms with E-state index in [1.54, 1.807) is 31.4 Å². The number of halogens is 3. The zero-order chi connectivity index (χ0) is 12.4. The number of hydrogen-bond donors (Lipinski definition) is 0. The Kier molecular flexibility index (Phi) is 3.61. The lowest BCUT2D eigenvalue weighted by atomic mass is 10.0. The molecule has 4 heteroatoms. The van der Waals surface area contributed by atoms with Gasteiger partial charge in [0.05, 0.1) is 10.7 Å². The van der Waals surface area contributed by atoms with Crippen molar-refractivity contribution >= 4 is 22.6 Å². The predicted molar refractivity (Wildman–Crippen MR) is 71.1 cm³/mol. The highest BCUT2D eigenvalue weighted by Crippen LogP contribution is 2.30. The molecule has 0 fully saturated rings. The third-order valence-electron chi connectivity index (χ3n) is 2.41. The minimum absolute atomic E-state index is 0.236. The van der Waals surface area contributed by atoms with Crippen molar-refractivity contribution in [3.05, 3.63) is 51.6 Å². The summed E-state index contributed by atoms with van der Waals surface area (Å²) in [4.78, 5) is 0. The van der Waals surface area contributed by atoms with Gasteiger partial charge in [-0.2, -0.15) is 0 Å². The van der Waals surface area contributed by atoms with Crippen LogP contribution in [0, 0.1) is 15.2 Å². The predicted octanol–water partition coefficient (Wildman–Crippen LogP) is 4.25. The molecule has 0 unspecified atom stereocenters. The first kappa shape index (κ1) is 12.3. The molecule has 0 heterocycles. The van der Waals surface area contributed by atoms with Gasteiger partial charge < -0.3 is 4.74 Å². The topological polar surface area (TPSA) is 9.23 Å². The molecule has 0 aliphatic rings. The quantitative estimate of drug-likeness (QED) is 0.739. The molecule has 0 saturated carbocycles. The van der Waals surface area contributed by atoms with Crippen LogP contribution in [0.2, 0.25) is 0 Å². The van der Waals surface area contributed by atoms with Gasteiger partial charge >= 0.3 is 0 Å². The average molecular weight is 346 g/mol. The summed E-state index contributed by atoms with van der Waals surface area (Å²) in [5.74, 6) is -1.04. The third-order valence-corrected chi connectivity index (χ3v) is 3.30. The van der Waals surface area contributed by atoms with Gasteiger partial charge in [-0.05, 0) is 46.4 Å². The van der Waals surface area contributed by atoms with Crippen molar-refractivity contribution < 1.29 is 13.5 Å². The normalized spacial score (nSPS) is 10.4.